The van der Waals surface area contributed by atoms with E-state index in [9.17, 15) is 24.0 Å². The van der Waals surface area contributed by atoms with Gasteiger partial charge in [0, 0.05) is 12.1 Å². The number of ketones is 1. The zero-order chi connectivity index (χ0) is 33.3. The van der Waals surface area contributed by atoms with Crippen LogP contribution in [-0.4, -0.2) is 64.6 Å². The number of rotatable bonds is 14. The highest BCUT2D eigenvalue weighted by molar-refractivity contribution is 6.37. The number of urea groups is 1. The lowest BCUT2D eigenvalue weighted by Gasteiger charge is -2.41. The molecule has 45 heavy (non-hydrogen) atoms. The first-order chi connectivity index (χ1) is 21.0. The fraction of sp³-hybridized carbons (Fsp3) is 0.857. The molecule has 2 unspecified atom stereocenters. The Balaban J connectivity index is 1.49. The summed E-state index contributed by atoms with van der Waals surface area (Å²) < 4.78 is 0. The molecule has 3 saturated carbocycles. The molecular formula is C35H59N5O5. The fourth-order valence-corrected chi connectivity index (χ4v) is 8.06. The van der Waals surface area contributed by atoms with Crippen LogP contribution in [0.1, 0.15) is 126 Å². The minimum Gasteiger partial charge on any atom is -0.363 e. The number of amides is 5. The van der Waals surface area contributed by atoms with Crippen LogP contribution in [0, 0.1) is 34.5 Å². The van der Waals surface area contributed by atoms with Crippen LogP contribution in [0.3, 0.4) is 0 Å². The van der Waals surface area contributed by atoms with E-state index in [4.69, 9.17) is 5.73 Å². The second-order valence-corrected chi connectivity index (χ2v) is 16.7. The van der Waals surface area contributed by atoms with Gasteiger partial charge in [-0.05, 0) is 60.2 Å². The molecule has 1 aliphatic heterocycles. The van der Waals surface area contributed by atoms with Crippen LogP contribution in [0.5, 0.6) is 0 Å². The van der Waals surface area contributed by atoms with E-state index >= 15 is 0 Å². The molecule has 4 rings (SSSR count). The number of likely N-dealkylation sites (tertiary alicyclic amines) is 1. The van der Waals surface area contributed by atoms with Crippen molar-refractivity contribution in [3.05, 3.63) is 0 Å². The molecular weight excluding hydrogens is 570 g/mol. The van der Waals surface area contributed by atoms with Crippen molar-refractivity contribution in [2.75, 3.05) is 6.54 Å². The topological polar surface area (TPSA) is 151 Å². The monoisotopic (exact) mass is 629 g/mol. The van der Waals surface area contributed by atoms with Gasteiger partial charge >= 0.3 is 6.03 Å². The van der Waals surface area contributed by atoms with Gasteiger partial charge in [0.25, 0.3) is 5.91 Å². The smallest absolute Gasteiger partial charge is 0.315 e. The largest absolute Gasteiger partial charge is 0.363 e. The third-order valence-corrected chi connectivity index (χ3v) is 11.2. The van der Waals surface area contributed by atoms with Gasteiger partial charge in [0.2, 0.25) is 17.6 Å². The predicted molar refractivity (Wildman–Crippen MR) is 174 cm³/mol. The summed E-state index contributed by atoms with van der Waals surface area (Å²) in [6, 6.07) is -2.98. The first kappa shape index (κ1) is 35.2. The molecule has 4 fully saturated rings. The molecule has 5 N–H and O–H groups in total. The maximum absolute atomic E-state index is 14.3. The Bertz CT molecular complexity index is 1130. The number of nitrogens with zero attached hydrogens (tertiary/aromatic N) is 1. The number of nitrogens with one attached hydrogen (secondary N) is 3. The first-order valence-electron chi connectivity index (χ1n) is 17.5. The number of carbonyl (C=O) groups is 5. The van der Waals surface area contributed by atoms with Gasteiger partial charge in [-0.25, -0.2) is 4.79 Å². The molecule has 0 aromatic heterocycles. The van der Waals surface area contributed by atoms with E-state index in [2.05, 4.69) is 43.6 Å². The lowest BCUT2D eigenvalue weighted by molar-refractivity contribution is -0.145. The van der Waals surface area contributed by atoms with Crippen molar-refractivity contribution in [1.29, 1.82) is 0 Å². The summed E-state index contributed by atoms with van der Waals surface area (Å²) in [6.45, 7) is 14.8. The molecule has 3 aliphatic carbocycles. The molecule has 4 aliphatic rings. The number of hydrogen-bond acceptors (Lipinski definition) is 5. The Kier molecular flexibility index (Phi) is 10.6. The molecule has 254 valence electrons. The summed E-state index contributed by atoms with van der Waals surface area (Å²) >= 11 is 0. The standard InChI is InChI=1S/C35H59N5O5/c1-21(2)13-9-12-18-35(16-10-8-11-17-35)39-32(45)38-28(33(3,4)5)31(44)40-20-23-25(34(23,6)7)26(40)30(43)37-24(19-22-14-15-22)27(41)29(36)42/h21-26,28H,8-20H2,1-7H3,(H2,36,42)(H,37,43)(H2,38,39,45)/t23?,24?,25-,26-,28+/m0/s1. The summed E-state index contributed by atoms with van der Waals surface area (Å²) in [7, 11) is 0. The van der Waals surface area contributed by atoms with Crippen LogP contribution in [0.4, 0.5) is 4.79 Å². The average molecular weight is 630 g/mol. The fourth-order valence-electron chi connectivity index (χ4n) is 8.06. The summed E-state index contributed by atoms with van der Waals surface area (Å²) in [6.07, 6.45) is 11.8. The second kappa shape index (κ2) is 13.6. The molecule has 0 bridgehead atoms. The van der Waals surface area contributed by atoms with E-state index < -0.39 is 41.1 Å². The van der Waals surface area contributed by atoms with Gasteiger partial charge in [0.15, 0.2) is 0 Å². The van der Waals surface area contributed by atoms with Crippen molar-refractivity contribution >= 4 is 29.5 Å². The van der Waals surface area contributed by atoms with Crippen molar-refractivity contribution in [2.24, 2.45) is 40.2 Å². The number of primary amides is 1. The molecule has 5 atom stereocenters. The number of nitrogens with two attached hydrogens (primary N) is 1. The Hall–Kier alpha value is -2.65. The van der Waals surface area contributed by atoms with E-state index in [1.165, 1.54) is 12.8 Å². The Morgan fingerprint density at radius 3 is 2.16 bits per heavy atom. The molecule has 10 heteroatoms. The zero-order valence-corrected chi connectivity index (χ0v) is 28.8. The van der Waals surface area contributed by atoms with Gasteiger partial charge in [0.1, 0.15) is 12.1 Å². The minimum absolute atomic E-state index is 0.0718. The van der Waals surface area contributed by atoms with Crippen LogP contribution in [0.15, 0.2) is 0 Å². The quantitative estimate of drug-likeness (QED) is 0.165. The number of carbonyl (C=O) groups excluding carboxylic acids is 5. The van der Waals surface area contributed by atoms with Crippen LogP contribution in [0.25, 0.3) is 0 Å². The highest BCUT2D eigenvalue weighted by Crippen LogP contribution is 2.65. The number of unbranched alkanes of at least 4 members (excludes halogenated alkanes) is 1. The number of piperidine rings is 1. The SMILES string of the molecule is CC(C)CCCCC1(NC(=O)N[C@H](C(=O)N2CC3[C@@H]([C@H]2C(=O)NC(CC2CC2)C(=O)C(N)=O)C3(C)C)C(C)(C)C)CCCCC1. The highest BCUT2D eigenvalue weighted by atomic mass is 16.2. The van der Waals surface area contributed by atoms with Crippen molar-refractivity contribution in [3.8, 4) is 0 Å². The van der Waals surface area contributed by atoms with E-state index in [-0.39, 0.29) is 40.6 Å². The lowest BCUT2D eigenvalue weighted by atomic mass is 9.78. The number of Topliss-reactive ketones (excluding diaryl/α,β-unsaturated/α-hetero) is 1. The van der Waals surface area contributed by atoms with Gasteiger partial charge in [-0.15, -0.1) is 0 Å². The molecule has 5 amide bonds. The highest BCUT2D eigenvalue weighted by Gasteiger charge is 2.70. The van der Waals surface area contributed by atoms with Crippen LogP contribution < -0.4 is 21.7 Å². The summed E-state index contributed by atoms with van der Waals surface area (Å²) in [4.78, 5) is 67.9. The van der Waals surface area contributed by atoms with Crippen LogP contribution >= 0.6 is 0 Å². The number of hydrogen-bond donors (Lipinski definition) is 4. The van der Waals surface area contributed by atoms with E-state index in [1.54, 1.807) is 4.90 Å². The van der Waals surface area contributed by atoms with Crippen molar-refractivity contribution in [2.45, 2.75) is 149 Å². The lowest BCUT2D eigenvalue weighted by Crippen LogP contribution is -2.63. The van der Waals surface area contributed by atoms with Crippen molar-refractivity contribution in [1.82, 2.24) is 20.9 Å². The molecule has 1 heterocycles. The van der Waals surface area contributed by atoms with Crippen LogP contribution in [-0.2, 0) is 19.2 Å². The van der Waals surface area contributed by atoms with Gasteiger partial charge in [-0.1, -0.05) is 99.8 Å². The molecule has 0 aromatic carbocycles. The van der Waals surface area contributed by atoms with Crippen LogP contribution in [0.2, 0.25) is 0 Å². The maximum Gasteiger partial charge on any atom is 0.315 e. The average Bonchev–Trinajstić information content (AvgIpc) is 3.80. The van der Waals surface area contributed by atoms with Crippen molar-refractivity contribution in [3.63, 3.8) is 0 Å². The van der Waals surface area contributed by atoms with Gasteiger partial charge in [-0.3, -0.25) is 19.2 Å². The third-order valence-electron chi connectivity index (χ3n) is 11.2. The summed E-state index contributed by atoms with van der Waals surface area (Å²) in [5.74, 6) is -1.59. The molecule has 0 radical (unpaired) electrons. The van der Waals surface area contributed by atoms with Crippen molar-refractivity contribution < 1.29 is 24.0 Å². The minimum atomic E-state index is -1.07. The third kappa shape index (κ3) is 8.39. The Labute approximate surface area is 270 Å². The van der Waals surface area contributed by atoms with E-state index in [0.717, 1.165) is 57.8 Å². The van der Waals surface area contributed by atoms with E-state index in [1.807, 2.05) is 20.8 Å². The molecule has 0 spiro atoms. The number of fused-ring (bicyclic) bond motifs is 1. The van der Waals surface area contributed by atoms with E-state index in [0.29, 0.717) is 18.9 Å². The summed E-state index contributed by atoms with van der Waals surface area (Å²) in [5.41, 5.74) is 4.30. The Morgan fingerprint density at radius 1 is 0.956 bits per heavy atom. The van der Waals surface area contributed by atoms with Gasteiger partial charge < -0.3 is 26.6 Å². The maximum atomic E-state index is 14.3. The summed E-state index contributed by atoms with van der Waals surface area (Å²) in [5, 5.41) is 9.19. The zero-order valence-electron chi connectivity index (χ0n) is 28.8. The second-order valence-electron chi connectivity index (χ2n) is 16.7. The normalized spacial score (nSPS) is 26.4. The van der Waals surface area contributed by atoms with Gasteiger partial charge in [0.05, 0.1) is 6.04 Å². The first-order valence-corrected chi connectivity index (χ1v) is 17.5. The molecule has 10 nitrogen and oxygen atoms in total. The Morgan fingerprint density at radius 2 is 1.60 bits per heavy atom. The predicted octanol–water partition coefficient (Wildman–Crippen LogP) is 4.44. The van der Waals surface area contributed by atoms with Gasteiger partial charge in [-0.2, -0.15) is 0 Å². The molecule has 0 aromatic rings. The molecule has 1 saturated heterocycles.